The molecule has 2 rings (SSSR count). The molecule has 1 heterocycles. The molecule has 1 aromatic rings. The van der Waals surface area contributed by atoms with E-state index in [1.54, 1.807) is 30.4 Å². The second-order valence-electron chi connectivity index (χ2n) is 6.64. The Morgan fingerprint density at radius 3 is 2.36 bits per heavy atom. The second-order valence-corrected chi connectivity index (χ2v) is 6.64. The van der Waals surface area contributed by atoms with E-state index in [0.29, 0.717) is 23.2 Å². The first-order chi connectivity index (χ1) is 11.8. The van der Waals surface area contributed by atoms with E-state index in [0.717, 1.165) is 25.0 Å². The van der Waals surface area contributed by atoms with Crippen LogP contribution in [-0.2, 0) is 16.6 Å². The first-order valence-corrected chi connectivity index (χ1v) is 8.99. The van der Waals surface area contributed by atoms with Gasteiger partial charge in [-0.1, -0.05) is 6.92 Å². The van der Waals surface area contributed by atoms with Crippen LogP contribution in [0.2, 0.25) is 0 Å². The van der Waals surface area contributed by atoms with Gasteiger partial charge in [0.25, 0.3) is 0 Å². The lowest BCUT2D eigenvalue weighted by Gasteiger charge is -2.21. The highest BCUT2D eigenvalue weighted by Crippen LogP contribution is 2.29. The van der Waals surface area contributed by atoms with Crippen molar-refractivity contribution >= 4 is 17.7 Å². The molecule has 1 aliphatic rings. The van der Waals surface area contributed by atoms with Gasteiger partial charge in [0.1, 0.15) is 5.69 Å². The van der Waals surface area contributed by atoms with Crippen molar-refractivity contribution in [3.63, 3.8) is 0 Å². The SMILES string of the molecule is CCCC(=O)N(CC(=O)c1c(C)c(C(=O)OCC)n(C)c1C)C1CC1. The number of rotatable bonds is 8. The van der Waals surface area contributed by atoms with Crippen molar-refractivity contribution in [1.29, 1.82) is 0 Å². The number of hydrogen-bond acceptors (Lipinski definition) is 4. The third-order valence-electron chi connectivity index (χ3n) is 4.76. The lowest BCUT2D eigenvalue weighted by Crippen LogP contribution is -2.37. The van der Waals surface area contributed by atoms with Crippen molar-refractivity contribution in [1.82, 2.24) is 9.47 Å². The quantitative estimate of drug-likeness (QED) is 0.535. The Morgan fingerprint density at radius 1 is 1.20 bits per heavy atom. The van der Waals surface area contributed by atoms with Gasteiger partial charge in [-0.25, -0.2) is 4.79 Å². The van der Waals surface area contributed by atoms with Crippen LogP contribution in [0.3, 0.4) is 0 Å². The van der Waals surface area contributed by atoms with Crippen LogP contribution >= 0.6 is 0 Å². The van der Waals surface area contributed by atoms with Crippen molar-refractivity contribution in [3.8, 4) is 0 Å². The summed E-state index contributed by atoms with van der Waals surface area (Å²) < 4.78 is 6.81. The summed E-state index contributed by atoms with van der Waals surface area (Å²) in [6, 6.07) is 0.192. The molecule has 6 nitrogen and oxygen atoms in total. The summed E-state index contributed by atoms with van der Waals surface area (Å²) in [4.78, 5) is 39.1. The van der Waals surface area contributed by atoms with E-state index in [-0.39, 0.29) is 30.9 Å². The highest BCUT2D eigenvalue weighted by Gasteiger charge is 2.35. The summed E-state index contributed by atoms with van der Waals surface area (Å²) in [6.07, 6.45) is 3.16. The summed E-state index contributed by atoms with van der Waals surface area (Å²) in [7, 11) is 1.76. The van der Waals surface area contributed by atoms with Gasteiger partial charge in [0.2, 0.25) is 5.91 Å². The minimum absolute atomic E-state index is 0.0372. The first-order valence-electron chi connectivity index (χ1n) is 8.99. The van der Waals surface area contributed by atoms with Crippen molar-refractivity contribution in [2.45, 2.75) is 59.4 Å². The van der Waals surface area contributed by atoms with Crippen LogP contribution < -0.4 is 0 Å². The first kappa shape index (κ1) is 19.2. The summed E-state index contributed by atoms with van der Waals surface area (Å²) in [5.74, 6) is -0.501. The third-order valence-corrected chi connectivity index (χ3v) is 4.76. The number of carbonyl (C=O) groups excluding carboxylic acids is 3. The number of nitrogens with zero attached hydrogens (tertiary/aromatic N) is 2. The predicted molar refractivity (Wildman–Crippen MR) is 94.8 cm³/mol. The highest BCUT2D eigenvalue weighted by atomic mass is 16.5. The minimum atomic E-state index is -0.425. The van der Waals surface area contributed by atoms with E-state index in [1.165, 1.54) is 0 Å². The van der Waals surface area contributed by atoms with Crippen LogP contribution in [0.5, 0.6) is 0 Å². The van der Waals surface area contributed by atoms with Crippen LogP contribution in [0, 0.1) is 13.8 Å². The Morgan fingerprint density at radius 2 is 1.84 bits per heavy atom. The Balaban J connectivity index is 2.28. The van der Waals surface area contributed by atoms with E-state index in [4.69, 9.17) is 4.74 Å². The van der Waals surface area contributed by atoms with Crippen LogP contribution in [0.4, 0.5) is 0 Å². The molecule has 0 atom stereocenters. The van der Waals surface area contributed by atoms with E-state index in [2.05, 4.69) is 0 Å². The van der Waals surface area contributed by atoms with Crippen molar-refractivity contribution in [2.75, 3.05) is 13.2 Å². The van der Waals surface area contributed by atoms with Crippen LogP contribution in [0.25, 0.3) is 0 Å². The molecule has 1 aromatic heterocycles. The zero-order valence-electron chi connectivity index (χ0n) is 15.8. The summed E-state index contributed by atoms with van der Waals surface area (Å²) in [6.45, 7) is 7.66. The number of Topliss-reactive ketones (excluding diaryl/α,β-unsaturated/α-hetero) is 1. The maximum Gasteiger partial charge on any atom is 0.355 e. The molecule has 0 bridgehead atoms. The smallest absolute Gasteiger partial charge is 0.355 e. The standard InChI is InChI=1S/C19H28N2O4/c1-6-8-16(23)21(14-9-10-14)11-15(22)17-12(3)18(19(24)25-7-2)20(5)13(17)4/h14H,6-11H2,1-5H3. The molecule has 138 valence electrons. The minimum Gasteiger partial charge on any atom is -0.461 e. The van der Waals surface area contributed by atoms with E-state index in [9.17, 15) is 14.4 Å². The van der Waals surface area contributed by atoms with Gasteiger partial charge in [0, 0.05) is 30.8 Å². The van der Waals surface area contributed by atoms with Crippen LogP contribution in [0.1, 0.15) is 71.6 Å². The Bertz CT molecular complexity index is 686. The molecular weight excluding hydrogens is 320 g/mol. The summed E-state index contributed by atoms with van der Waals surface area (Å²) >= 11 is 0. The van der Waals surface area contributed by atoms with Crippen molar-refractivity contribution in [2.24, 2.45) is 7.05 Å². The van der Waals surface area contributed by atoms with Crippen LogP contribution in [0.15, 0.2) is 0 Å². The Kier molecular flexibility index (Phi) is 6.03. The number of hydrogen-bond donors (Lipinski definition) is 0. The maximum absolute atomic E-state index is 12.9. The van der Waals surface area contributed by atoms with E-state index >= 15 is 0 Å². The molecular formula is C19H28N2O4. The normalized spacial score (nSPS) is 13.6. The monoisotopic (exact) mass is 348 g/mol. The molecule has 0 aromatic carbocycles. The van der Waals surface area contributed by atoms with Gasteiger partial charge >= 0.3 is 5.97 Å². The predicted octanol–water partition coefficient (Wildman–Crippen LogP) is 2.79. The number of aromatic nitrogens is 1. The Labute approximate surface area is 149 Å². The molecule has 0 N–H and O–H groups in total. The number of carbonyl (C=O) groups is 3. The topological polar surface area (TPSA) is 68.6 Å². The molecule has 0 aliphatic heterocycles. The highest BCUT2D eigenvalue weighted by molar-refractivity contribution is 6.04. The zero-order chi connectivity index (χ0) is 18.7. The van der Waals surface area contributed by atoms with Crippen molar-refractivity contribution < 1.29 is 19.1 Å². The number of amides is 1. The fourth-order valence-corrected chi connectivity index (χ4v) is 3.28. The van der Waals surface area contributed by atoms with Gasteiger partial charge in [-0.05, 0) is 45.6 Å². The maximum atomic E-state index is 12.9. The fraction of sp³-hybridized carbons (Fsp3) is 0.632. The Hall–Kier alpha value is -2.11. The lowest BCUT2D eigenvalue weighted by molar-refractivity contribution is -0.131. The van der Waals surface area contributed by atoms with E-state index < -0.39 is 5.97 Å². The largest absolute Gasteiger partial charge is 0.461 e. The number of esters is 1. The average Bonchev–Trinajstić information content (AvgIpc) is 3.34. The van der Waals surface area contributed by atoms with Gasteiger partial charge in [0.15, 0.2) is 5.78 Å². The molecule has 1 amide bonds. The van der Waals surface area contributed by atoms with E-state index in [1.807, 2.05) is 13.8 Å². The molecule has 0 spiro atoms. The number of ether oxygens (including phenoxy) is 1. The second kappa shape index (κ2) is 7.85. The lowest BCUT2D eigenvalue weighted by atomic mass is 10.0. The van der Waals surface area contributed by atoms with Gasteiger partial charge in [-0.3, -0.25) is 9.59 Å². The molecule has 0 radical (unpaired) electrons. The summed E-state index contributed by atoms with van der Waals surface area (Å²) in [5, 5.41) is 0. The third kappa shape index (κ3) is 3.94. The molecule has 0 saturated heterocycles. The molecule has 1 saturated carbocycles. The molecule has 0 unspecified atom stereocenters. The molecule has 1 fully saturated rings. The summed E-state index contributed by atoms with van der Waals surface area (Å²) in [5.41, 5.74) is 2.28. The number of ketones is 1. The van der Waals surface area contributed by atoms with Gasteiger partial charge in [-0.2, -0.15) is 0 Å². The zero-order valence-corrected chi connectivity index (χ0v) is 15.8. The van der Waals surface area contributed by atoms with Crippen LogP contribution in [-0.4, -0.2) is 46.3 Å². The van der Waals surface area contributed by atoms with Gasteiger partial charge in [-0.15, -0.1) is 0 Å². The van der Waals surface area contributed by atoms with Crippen molar-refractivity contribution in [3.05, 3.63) is 22.5 Å². The molecule has 1 aliphatic carbocycles. The van der Waals surface area contributed by atoms with Gasteiger partial charge in [0.05, 0.1) is 13.2 Å². The molecule has 6 heteroatoms. The average molecular weight is 348 g/mol. The fourth-order valence-electron chi connectivity index (χ4n) is 3.28. The van der Waals surface area contributed by atoms with Gasteiger partial charge < -0.3 is 14.2 Å². The molecule has 25 heavy (non-hydrogen) atoms.